The first-order valence-corrected chi connectivity index (χ1v) is 9.45. The summed E-state index contributed by atoms with van der Waals surface area (Å²) in [6, 6.07) is 7.74. The van der Waals surface area contributed by atoms with Crippen molar-refractivity contribution in [3.05, 3.63) is 63.2 Å². The van der Waals surface area contributed by atoms with E-state index < -0.39 is 34.2 Å². The SMILES string of the molecule is Cc1ccc(NCC(=O)NNC(=O)CCNc2ccc(C(F)(F)F)cc2[N+](=O)[O-])c(C)c1. The zero-order valence-corrected chi connectivity index (χ0v) is 17.3. The molecule has 9 nitrogen and oxygen atoms in total. The van der Waals surface area contributed by atoms with E-state index >= 15 is 0 Å². The molecule has 0 saturated carbocycles. The van der Waals surface area contributed by atoms with E-state index in [0.29, 0.717) is 12.1 Å². The lowest BCUT2D eigenvalue weighted by atomic mass is 10.1. The van der Waals surface area contributed by atoms with E-state index in [2.05, 4.69) is 21.5 Å². The van der Waals surface area contributed by atoms with Crippen LogP contribution in [-0.4, -0.2) is 29.8 Å². The molecule has 0 fully saturated rings. The lowest BCUT2D eigenvalue weighted by Crippen LogP contribution is -2.44. The molecule has 0 radical (unpaired) electrons. The summed E-state index contributed by atoms with van der Waals surface area (Å²) in [7, 11) is 0. The Morgan fingerprint density at radius 3 is 2.25 bits per heavy atom. The maximum Gasteiger partial charge on any atom is 0.416 e. The van der Waals surface area contributed by atoms with Gasteiger partial charge < -0.3 is 10.6 Å². The number of carbonyl (C=O) groups is 2. The minimum Gasteiger partial charge on any atom is -0.379 e. The van der Waals surface area contributed by atoms with Crippen molar-refractivity contribution < 1.29 is 27.7 Å². The van der Waals surface area contributed by atoms with Crippen LogP contribution in [0.2, 0.25) is 0 Å². The fraction of sp³-hybridized carbons (Fsp3) is 0.300. The van der Waals surface area contributed by atoms with Crippen molar-refractivity contribution in [2.24, 2.45) is 0 Å². The van der Waals surface area contributed by atoms with Gasteiger partial charge in [-0.15, -0.1) is 0 Å². The van der Waals surface area contributed by atoms with Gasteiger partial charge in [0, 0.05) is 24.7 Å². The van der Waals surface area contributed by atoms with Crippen LogP contribution in [0.15, 0.2) is 36.4 Å². The number of hydrogen-bond acceptors (Lipinski definition) is 6. The van der Waals surface area contributed by atoms with E-state index in [1.165, 1.54) is 0 Å². The third-order valence-corrected chi connectivity index (χ3v) is 4.35. The Morgan fingerprint density at radius 1 is 0.969 bits per heavy atom. The summed E-state index contributed by atoms with van der Waals surface area (Å²) >= 11 is 0. The second kappa shape index (κ2) is 10.5. The summed E-state index contributed by atoms with van der Waals surface area (Å²) in [5, 5.41) is 16.5. The number of nitro benzene ring substituents is 1. The highest BCUT2D eigenvalue weighted by molar-refractivity contribution is 5.84. The maximum absolute atomic E-state index is 12.7. The number of nitrogens with one attached hydrogen (secondary N) is 4. The minimum absolute atomic E-state index is 0.0832. The first-order chi connectivity index (χ1) is 15.0. The lowest BCUT2D eigenvalue weighted by Gasteiger charge is -2.12. The van der Waals surface area contributed by atoms with Crippen molar-refractivity contribution in [3.8, 4) is 0 Å². The monoisotopic (exact) mass is 453 g/mol. The minimum atomic E-state index is -4.71. The molecule has 2 aromatic rings. The molecule has 0 atom stereocenters. The van der Waals surface area contributed by atoms with Crippen molar-refractivity contribution in [1.82, 2.24) is 10.9 Å². The van der Waals surface area contributed by atoms with Gasteiger partial charge in [0.15, 0.2) is 0 Å². The number of nitro groups is 1. The van der Waals surface area contributed by atoms with Crippen LogP contribution in [0.5, 0.6) is 0 Å². The Morgan fingerprint density at radius 2 is 1.62 bits per heavy atom. The summed E-state index contributed by atoms with van der Waals surface area (Å²) < 4.78 is 38.2. The lowest BCUT2D eigenvalue weighted by molar-refractivity contribution is -0.384. The molecule has 0 spiro atoms. The summed E-state index contributed by atoms with van der Waals surface area (Å²) in [6.45, 7) is 3.65. The third kappa shape index (κ3) is 7.15. The third-order valence-electron chi connectivity index (χ3n) is 4.35. The Bertz CT molecular complexity index is 1010. The van der Waals surface area contributed by atoms with Crippen molar-refractivity contribution in [2.75, 3.05) is 23.7 Å². The average Bonchev–Trinajstić information content (AvgIpc) is 2.70. The predicted molar refractivity (Wildman–Crippen MR) is 112 cm³/mol. The molecule has 2 rings (SSSR count). The van der Waals surface area contributed by atoms with Crippen LogP contribution in [-0.2, 0) is 15.8 Å². The Hall–Kier alpha value is -3.83. The van der Waals surface area contributed by atoms with E-state index in [1.54, 1.807) is 0 Å². The normalized spacial score (nSPS) is 10.9. The first-order valence-electron chi connectivity index (χ1n) is 9.45. The molecule has 0 aliphatic rings. The number of benzene rings is 2. The summed E-state index contributed by atoms with van der Waals surface area (Å²) in [5.74, 6) is -1.09. The number of anilines is 2. The van der Waals surface area contributed by atoms with Gasteiger partial charge >= 0.3 is 6.18 Å². The zero-order valence-electron chi connectivity index (χ0n) is 17.3. The molecule has 0 saturated heterocycles. The average molecular weight is 453 g/mol. The van der Waals surface area contributed by atoms with Crippen LogP contribution in [0, 0.1) is 24.0 Å². The second-order valence-corrected chi connectivity index (χ2v) is 6.93. The molecule has 0 bridgehead atoms. The summed E-state index contributed by atoms with van der Waals surface area (Å²) in [5.41, 5.74) is 5.18. The topological polar surface area (TPSA) is 125 Å². The van der Waals surface area contributed by atoms with Crippen molar-refractivity contribution in [1.29, 1.82) is 0 Å². The fourth-order valence-corrected chi connectivity index (χ4v) is 2.75. The standard InChI is InChI=1S/C20H22F3N5O4/c1-12-3-5-15(13(2)9-12)25-11-19(30)27-26-18(29)7-8-24-16-6-4-14(20(21,22)23)10-17(16)28(31)32/h3-6,9-10,24-25H,7-8,11H2,1-2H3,(H,26,29)(H,27,30). The van der Waals surface area contributed by atoms with Crippen LogP contribution in [0.25, 0.3) is 0 Å². The number of halogens is 3. The number of rotatable bonds is 8. The molecule has 172 valence electrons. The Kier molecular flexibility index (Phi) is 7.99. The molecule has 0 aromatic heterocycles. The highest BCUT2D eigenvalue weighted by atomic mass is 19.4. The largest absolute Gasteiger partial charge is 0.416 e. The molecule has 4 N–H and O–H groups in total. The van der Waals surface area contributed by atoms with Gasteiger partial charge in [0.25, 0.3) is 11.6 Å². The number of aryl methyl sites for hydroxylation is 2. The smallest absolute Gasteiger partial charge is 0.379 e. The summed E-state index contributed by atoms with van der Waals surface area (Å²) in [4.78, 5) is 33.8. The molecule has 32 heavy (non-hydrogen) atoms. The van der Waals surface area contributed by atoms with Crippen LogP contribution in [0.1, 0.15) is 23.1 Å². The van der Waals surface area contributed by atoms with Crippen LogP contribution in [0.4, 0.5) is 30.2 Å². The van der Waals surface area contributed by atoms with Gasteiger partial charge in [0.05, 0.1) is 17.0 Å². The number of amides is 2. The second-order valence-electron chi connectivity index (χ2n) is 6.93. The fourth-order valence-electron chi connectivity index (χ4n) is 2.75. The number of nitrogens with zero attached hydrogens (tertiary/aromatic N) is 1. The van der Waals surface area contributed by atoms with Gasteiger partial charge in [-0.1, -0.05) is 17.7 Å². The molecule has 12 heteroatoms. The number of alkyl halides is 3. The molecule has 0 unspecified atom stereocenters. The van der Waals surface area contributed by atoms with Crippen LogP contribution < -0.4 is 21.5 Å². The maximum atomic E-state index is 12.7. The first kappa shape index (κ1) is 24.4. The number of hydrogen-bond donors (Lipinski definition) is 4. The van der Waals surface area contributed by atoms with Crippen LogP contribution in [0.3, 0.4) is 0 Å². The predicted octanol–water partition coefficient (Wildman–Crippen LogP) is 3.29. The van der Waals surface area contributed by atoms with Gasteiger partial charge in [0.2, 0.25) is 5.91 Å². The van der Waals surface area contributed by atoms with Gasteiger partial charge in [-0.3, -0.25) is 30.6 Å². The van der Waals surface area contributed by atoms with Gasteiger partial charge in [-0.25, -0.2) is 0 Å². The highest BCUT2D eigenvalue weighted by Crippen LogP contribution is 2.34. The Balaban J connectivity index is 1.78. The molecule has 0 heterocycles. The van der Waals surface area contributed by atoms with E-state index in [-0.39, 0.29) is 25.2 Å². The van der Waals surface area contributed by atoms with Crippen LogP contribution >= 0.6 is 0 Å². The Labute approximate surface area is 181 Å². The molecular weight excluding hydrogens is 431 g/mol. The molecule has 2 aromatic carbocycles. The van der Waals surface area contributed by atoms with E-state index in [4.69, 9.17) is 0 Å². The highest BCUT2D eigenvalue weighted by Gasteiger charge is 2.33. The van der Waals surface area contributed by atoms with E-state index in [1.807, 2.05) is 32.0 Å². The van der Waals surface area contributed by atoms with Crippen molar-refractivity contribution in [3.63, 3.8) is 0 Å². The molecule has 2 amide bonds. The van der Waals surface area contributed by atoms with Gasteiger partial charge in [0.1, 0.15) is 5.69 Å². The van der Waals surface area contributed by atoms with Crippen molar-refractivity contribution in [2.45, 2.75) is 26.4 Å². The van der Waals surface area contributed by atoms with E-state index in [9.17, 15) is 32.9 Å². The van der Waals surface area contributed by atoms with Gasteiger partial charge in [-0.2, -0.15) is 13.2 Å². The number of hydrazine groups is 1. The molecule has 0 aliphatic heterocycles. The molecule has 0 aliphatic carbocycles. The number of carbonyl (C=O) groups excluding carboxylic acids is 2. The summed E-state index contributed by atoms with van der Waals surface area (Å²) in [6.07, 6.45) is -4.91. The van der Waals surface area contributed by atoms with Crippen molar-refractivity contribution >= 4 is 28.9 Å². The van der Waals surface area contributed by atoms with E-state index in [0.717, 1.165) is 22.9 Å². The zero-order chi connectivity index (χ0) is 23.9. The quantitative estimate of drug-likeness (QED) is 0.359. The molecular formula is C20H22F3N5O4. The van der Waals surface area contributed by atoms with Gasteiger partial charge in [-0.05, 0) is 37.6 Å².